The summed E-state index contributed by atoms with van der Waals surface area (Å²) in [5, 5.41) is 4.26. The Morgan fingerprint density at radius 3 is 3.00 bits per heavy atom. The summed E-state index contributed by atoms with van der Waals surface area (Å²) in [6.07, 6.45) is 4.81. The van der Waals surface area contributed by atoms with Gasteiger partial charge in [-0.2, -0.15) is 0 Å². The number of H-pyrrole nitrogens is 1. The lowest BCUT2D eigenvalue weighted by Crippen LogP contribution is -1.99. The molecule has 0 aliphatic carbocycles. The summed E-state index contributed by atoms with van der Waals surface area (Å²) in [5.74, 6) is 1.08. The van der Waals surface area contributed by atoms with Crippen LogP contribution in [0.5, 0.6) is 0 Å². The average Bonchev–Trinajstić information content (AvgIpc) is 3.22. The van der Waals surface area contributed by atoms with Crippen LogP contribution in [0, 0.1) is 0 Å². The highest BCUT2D eigenvalue weighted by molar-refractivity contribution is 6.10. The van der Waals surface area contributed by atoms with Gasteiger partial charge in [0, 0.05) is 18.6 Å². The maximum Gasteiger partial charge on any atom is 0.200 e. The Morgan fingerprint density at radius 1 is 1.16 bits per heavy atom. The van der Waals surface area contributed by atoms with Crippen molar-refractivity contribution in [2.75, 3.05) is 11.1 Å². The Morgan fingerprint density at radius 2 is 2.08 bits per heavy atom. The number of nitrogens with zero attached hydrogens (tertiary/aromatic N) is 6. The van der Waals surface area contributed by atoms with Gasteiger partial charge in [0.05, 0.1) is 23.0 Å². The predicted molar refractivity (Wildman–Crippen MR) is 95.4 cm³/mol. The maximum absolute atomic E-state index is 5.98. The third-order valence-corrected chi connectivity index (χ3v) is 4.25. The number of aromatic nitrogens is 7. The zero-order valence-electron chi connectivity index (χ0n) is 13.2. The largest absolute Gasteiger partial charge is 0.369 e. The van der Waals surface area contributed by atoms with Gasteiger partial charge in [-0.1, -0.05) is 0 Å². The molecule has 9 heteroatoms. The van der Waals surface area contributed by atoms with Crippen LogP contribution in [0.1, 0.15) is 0 Å². The van der Waals surface area contributed by atoms with Crippen molar-refractivity contribution in [3.8, 4) is 0 Å². The zero-order valence-corrected chi connectivity index (χ0v) is 13.2. The molecular formula is C16H13N9. The molecule has 0 aliphatic rings. The fourth-order valence-corrected chi connectivity index (χ4v) is 2.99. The summed E-state index contributed by atoms with van der Waals surface area (Å²) in [6.45, 7) is 0. The lowest BCUT2D eigenvalue weighted by atomic mass is 10.1. The molecule has 0 bridgehead atoms. The first-order valence-corrected chi connectivity index (χ1v) is 7.63. The molecule has 0 fully saturated rings. The number of anilines is 3. The van der Waals surface area contributed by atoms with Gasteiger partial charge in [0.25, 0.3) is 0 Å². The van der Waals surface area contributed by atoms with E-state index in [4.69, 9.17) is 5.73 Å². The van der Waals surface area contributed by atoms with Gasteiger partial charge in [0.15, 0.2) is 11.5 Å². The molecule has 4 heterocycles. The summed E-state index contributed by atoms with van der Waals surface area (Å²) in [4.78, 5) is 24.6. The predicted octanol–water partition coefficient (Wildman–Crippen LogP) is 2.11. The van der Waals surface area contributed by atoms with Gasteiger partial charge in [0.2, 0.25) is 5.95 Å². The number of nitrogens with two attached hydrogens (primary N) is 1. The Hall–Kier alpha value is -3.75. The van der Waals surface area contributed by atoms with Crippen molar-refractivity contribution < 1.29 is 0 Å². The van der Waals surface area contributed by atoms with Crippen LogP contribution >= 0.6 is 0 Å². The van der Waals surface area contributed by atoms with Crippen molar-refractivity contribution in [2.24, 2.45) is 7.05 Å². The molecule has 0 aliphatic heterocycles. The standard InChI is InChI=1S/C16H13N9/c1-25-10-5-9(23-15-13-14(20-6-19-13)21-7-22-15)11-8(3-2-4-18-11)12(10)24-16(25)17/h2-7H,1H3,(H2,17,24)(H2,19,20,21,22,23). The summed E-state index contributed by atoms with van der Waals surface area (Å²) < 4.78 is 1.85. The minimum absolute atomic E-state index is 0.454. The van der Waals surface area contributed by atoms with E-state index in [0.29, 0.717) is 17.4 Å². The number of rotatable bonds is 2. The summed E-state index contributed by atoms with van der Waals surface area (Å²) in [7, 11) is 1.88. The number of aromatic amines is 1. The second-order valence-electron chi connectivity index (χ2n) is 5.67. The topological polar surface area (TPSA) is 123 Å². The number of nitrogen functional groups attached to an aromatic ring is 1. The Bertz CT molecular complexity index is 1250. The lowest BCUT2D eigenvalue weighted by molar-refractivity contribution is 0.965. The molecule has 0 saturated carbocycles. The van der Waals surface area contributed by atoms with Crippen molar-refractivity contribution in [3.05, 3.63) is 37.1 Å². The van der Waals surface area contributed by atoms with Crippen LogP contribution in [0.15, 0.2) is 37.1 Å². The van der Waals surface area contributed by atoms with E-state index in [9.17, 15) is 0 Å². The van der Waals surface area contributed by atoms with Gasteiger partial charge < -0.3 is 20.6 Å². The van der Waals surface area contributed by atoms with Crippen LogP contribution in [0.4, 0.5) is 17.5 Å². The molecule has 9 nitrogen and oxygen atoms in total. The highest BCUT2D eigenvalue weighted by Crippen LogP contribution is 2.33. The zero-order chi connectivity index (χ0) is 17.0. The van der Waals surface area contributed by atoms with E-state index >= 15 is 0 Å². The molecule has 122 valence electrons. The molecule has 0 unspecified atom stereocenters. The van der Waals surface area contributed by atoms with E-state index in [1.54, 1.807) is 12.5 Å². The maximum atomic E-state index is 5.98. The molecule has 0 spiro atoms. The Kier molecular flexibility index (Phi) is 2.66. The summed E-state index contributed by atoms with van der Waals surface area (Å²) >= 11 is 0. The van der Waals surface area contributed by atoms with Crippen LogP contribution in [-0.4, -0.2) is 34.5 Å². The van der Waals surface area contributed by atoms with Crippen LogP contribution in [0.2, 0.25) is 0 Å². The first-order chi connectivity index (χ1) is 12.2. The van der Waals surface area contributed by atoms with Crippen LogP contribution in [0.25, 0.3) is 33.1 Å². The van der Waals surface area contributed by atoms with Gasteiger partial charge in [0.1, 0.15) is 17.4 Å². The third kappa shape index (κ3) is 1.92. The van der Waals surface area contributed by atoms with Crippen LogP contribution in [0.3, 0.4) is 0 Å². The number of hydrogen-bond donors (Lipinski definition) is 3. The first kappa shape index (κ1) is 13.7. The average molecular weight is 331 g/mol. The van der Waals surface area contributed by atoms with Crippen molar-refractivity contribution >= 4 is 50.6 Å². The van der Waals surface area contributed by atoms with Gasteiger partial charge in [-0.3, -0.25) is 4.98 Å². The van der Waals surface area contributed by atoms with Crippen LogP contribution < -0.4 is 11.1 Å². The number of pyridine rings is 1. The van der Waals surface area contributed by atoms with E-state index in [1.807, 2.05) is 29.8 Å². The van der Waals surface area contributed by atoms with Gasteiger partial charge in [-0.15, -0.1) is 0 Å². The number of nitrogens with one attached hydrogen (secondary N) is 2. The first-order valence-electron chi connectivity index (χ1n) is 7.63. The Labute approximate surface area is 141 Å². The number of aryl methyl sites for hydroxylation is 1. The SMILES string of the molecule is Cn1c(N)nc2c3cccnc3c(Nc3ncnc4nc[nH]c34)cc21. The lowest BCUT2D eigenvalue weighted by Gasteiger charge is -2.10. The number of benzene rings is 1. The molecule has 4 N–H and O–H groups in total. The molecule has 0 amide bonds. The van der Waals surface area contributed by atoms with Crippen molar-refractivity contribution in [3.63, 3.8) is 0 Å². The minimum atomic E-state index is 0.454. The van der Waals surface area contributed by atoms with E-state index in [1.165, 1.54) is 6.33 Å². The molecule has 1 aromatic carbocycles. The van der Waals surface area contributed by atoms with Gasteiger partial charge >= 0.3 is 0 Å². The van der Waals surface area contributed by atoms with Crippen molar-refractivity contribution in [2.45, 2.75) is 0 Å². The van der Waals surface area contributed by atoms with E-state index in [-0.39, 0.29) is 0 Å². The summed E-state index contributed by atoms with van der Waals surface area (Å²) in [6, 6.07) is 5.83. The number of fused-ring (bicyclic) bond motifs is 4. The smallest absolute Gasteiger partial charge is 0.200 e. The third-order valence-electron chi connectivity index (χ3n) is 4.25. The normalized spacial score (nSPS) is 11.6. The highest BCUT2D eigenvalue weighted by Gasteiger charge is 2.15. The van der Waals surface area contributed by atoms with Crippen molar-refractivity contribution in [1.29, 1.82) is 0 Å². The number of imidazole rings is 2. The van der Waals surface area contributed by atoms with Crippen molar-refractivity contribution in [1.82, 2.24) is 34.5 Å². The van der Waals surface area contributed by atoms with Gasteiger partial charge in [-0.25, -0.2) is 19.9 Å². The van der Waals surface area contributed by atoms with Crippen LogP contribution in [-0.2, 0) is 7.05 Å². The highest BCUT2D eigenvalue weighted by atomic mass is 15.1. The fraction of sp³-hybridized carbons (Fsp3) is 0.0625. The molecule has 5 aromatic rings. The molecule has 0 radical (unpaired) electrons. The molecule has 5 rings (SSSR count). The number of hydrogen-bond acceptors (Lipinski definition) is 7. The fourth-order valence-electron chi connectivity index (χ4n) is 2.99. The molecule has 0 atom stereocenters. The Balaban J connectivity index is 1.79. The van der Waals surface area contributed by atoms with E-state index in [0.717, 1.165) is 33.1 Å². The van der Waals surface area contributed by atoms with Gasteiger partial charge in [-0.05, 0) is 18.2 Å². The minimum Gasteiger partial charge on any atom is -0.369 e. The molecule has 0 saturated heterocycles. The van der Waals surface area contributed by atoms with E-state index in [2.05, 4.69) is 35.2 Å². The van der Waals surface area contributed by atoms with E-state index < -0.39 is 0 Å². The second-order valence-corrected chi connectivity index (χ2v) is 5.67. The molecule has 4 aromatic heterocycles. The monoisotopic (exact) mass is 331 g/mol. The quantitative estimate of drug-likeness (QED) is 0.452. The molecule has 25 heavy (non-hydrogen) atoms. The molecular weight excluding hydrogens is 318 g/mol. The second kappa shape index (κ2) is 4.87. The summed E-state index contributed by atoms with van der Waals surface area (Å²) in [5.41, 5.74) is 10.6.